The van der Waals surface area contributed by atoms with Gasteiger partial charge in [0, 0.05) is 12.7 Å². The summed E-state index contributed by atoms with van der Waals surface area (Å²) in [6, 6.07) is 11.4. The van der Waals surface area contributed by atoms with Gasteiger partial charge < -0.3 is 9.47 Å². The van der Waals surface area contributed by atoms with E-state index < -0.39 is 10.0 Å². The molecule has 0 bridgehead atoms. The van der Waals surface area contributed by atoms with Crippen LogP contribution >= 0.6 is 11.3 Å². The summed E-state index contributed by atoms with van der Waals surface area (Å²) < 4.78 is 47.6. The number of hydrogen-bond acceptors (Lipinski definition) is 7. The topological polar surface area (TPSA) is 112 Å². The minimum atomic E-state index is -3.94. The molecule has 8 nitrogen and oxygen atoms in total. The molecule has 0 atom stereocenters. The lowest BCUT2D eigenvalue weighted by Crippen LogP contribution is -2.35. The summed E-state index contributed by atoms with van der Waals surface area (Å²) in [6.45, 7) is 1.97. The van der Waals surface area contributed by atoms with E-state index in [2.05, 4.69) is 4.98 Å². The minimum absolute atomic E-state index is 0.0492. The number of anilines is 1. The molecular weight excluding hydrogens is 469 g/mol. The average Bonchev–Trinajstić information content (AvgIpc) is 3.16. The Hall–Kier alpha value is -2.86. The Balaban J connectivity index is 1.84. The van der Waals surface area contributed by atoms with Crippen LogP contribution in [0.1, 0.15) is 11.3 Å². The van der Waals surface area contributed by atoms with Crippen LogP contribution in [0.4, 0.5) is 9.52 Å². The Morgan fingerprint density at radius 2 is 1.88 bits per heavy atom. The van der Waals surface area contributed by atoms with Crippen LogP contribution in [0, 0.1) is 12.7 Å². The van der Waals surface area contributed by atoms with E-state index in [1.165, 1.54) is 38.2 Å². The van der Waals surface area contributed by atoms with E-state index in [-0.39, 0.29) is 46.3 Å². The Kier molecular flexibility index (Phi) is 7.80. The molecule has 1 aromatic heterocycles. The monoisotopic (exact) mass is 493 g/mol. The van der Waals surface area contributed by atoms with E-state index in [4.69, 9.17) is 14.6 Å². The number of sulfonamides is 1. The number of methoxy groups -OCH3 is 2. The van der Waals surface area contributed by atoms with Crippen molar-refractivity contribution in [3.63, 3.8) is 0 Å². The average molecular weight is 494 g/mol. The van der Waals surface area contributed by atoms with Gasteiger partial charge in [0.1, 0.15) is 11.6 Å². The Morgan fingerprint density at radius 3 is 2.45 bits per heavy atom. The SMILES string of the molecule is COCCN(C(=O)Cc1ccc(-c2cc(F)ccc2OC)cc1)c1nc(C)c(S(N)(=O)=O)s1. The fourth-order valence-corrected chi connectivity index (χ4v) is 5.23. The van der Waals surface area contributed by atoms with Gasteiger partial charge in [0.05, 0.1) is 32.4 Å². The van der Waals surface area contributed by atoms with Crippen LogP contribution in [0.25, 0.3) is 11.1 Å². The van der Waals surface area contributed by atoms with Gasteiger partial charge in [-0.05, 0) is 36.2 Å². The lowest BCUT2D eigenvalue weighted by molar-refractivity contribution is -0.118. The lowest BCUT2D eigenvalue weighted by Gasteiger charge is -2.19. The van der Waals surface area contributed by atoms with Gasteiger partial charge in [-0.1, -0.05) is 35.6 Å². The van der Waals surface area contributed by atoms with Gasteiger partial charge in [-0.25, -0.2) is 22.9 Å². The highest BCUT2D eigenvalue weighted by atomic mass is 32.2. The second-order valence-electron chi connectivity index (χ2n) is 7.17. The highest BCUT2D eigenvalue weighted by molar-refractivity contribution is 7.91. The molecule has 176 valence electrons. The maximum Gasteiger partial charge on any atom is 0.249 e. The van der Waals surface area contributed by atoms with Crippen molar-refractivity contribution < 1.29 is 27.1 Å². The van der Waals surface area contributed by atoms with Crippen molar-refractivity contribution in [1.82, 2.24) is 4.98 Å². The molecule has 33 heavy (non-hydrogen) atoms. The third kappa shape index (κ3) is 5.93. The molecule has 0 aliphatic rings. The smallest absolute Gasteiger partial charge is 0.249 e. The number of amides is 1. The van der Waals surface area contributed by atoms with Gasteiger partial charge in [0.15, 0.2) is 9.34 Å². The number of halogens is 1. The molecule has 1 amide bonds. The first-order valence-corrected chi connectivity index (χ1v) is 12.2. The minimum Gasteiger partial charge on any atom is -0.496 e. The zero-order valence-electron chi connectivity index (χ0n) is 18.4. The Morgan fingerprint density at radius 1 is 1.18 bits per heavy atom. The van der Waals surface area contributed by atoms with E-state index in [0.29, 0.717) is 11.3 Å². The molecule has 0 fully saturated rings. The van der Waals surface area contributed by atoms with Gasteiger partial charge in [-0.15, -0.1) is 0 Å². The zero-order valence-corrected chi connectivity index (χ0v) is 20.0. The number of nitrogens with two attached hydrogens (primary N) is 1. The summed E-state index contributed by atoms with van der Waals surface area (Å²) in [5.41, 5.74) is 2.31. The summed E-state index contributed by atoms with van der Waals surface area (Å²) in [5, 5.41) is 5.48. The number of primary sulfonamides is 1. The summed E-state index contributed by atoms with van der Waals surface area (Å²) in [4.78, 5) is 18.7. The standard InChI is InChI=1S/C22H24FN3O5S2/c1-14-21(33(24,28)29)32-22(25-14)26(10-11-30-2)20(27)12-15-4-6-16(7-5-15)18-13-17(23)8-9-19(18)31-3/h4-9,13H,10-12H2,1-3H3,(H2,24,28,29). The first kappa shape index (κ1) is 24.8. The van der Waals surface area contributed by atoms with Crippen LogP contribution in [0.2, 0.25) is 0 Å². The first-order valence-electron chi connectivity index (χ1n) is 9.86. The fourth-order valence-electron chi connectivity index (χ4n) is 3.24. The molecule has 3 rings (SSSR count). The molecule has 1 heterocycles. The summed E-state index contributed by atoms with van der Waals surface area (Å²) in [5.74, 6) is -0.120. The van der Waals surface area contributed by atoms with Crippen molar-refractivity contribution in [2.45, 2.75) is 17.6 Å². The van der Waals surface area contributed by atoms with Crippen LogP contribution in [0.15, 0.2) is 46.7 Å². The van der Waals surface area contributed by atoms with Crippen LogP contribution in [-0.2, 0) is 26.0 Å². The molecule has 2 N–H and O–H groups in total. The second kappa shape index (κ2) is 10.4. The molecule has 0 saturated heterocycles. The Labute approximate surface area is 195 Å². The van der Waals surface area contributed by atoms with Gasteiger partial charge in [0.2, 0.25) is 15.9 Å². The van der Waals surface area contributed by atoms with Crippen molar-refractivity contribution in [3.05, 3.63) is 59.5 Å². The van der Waals surface area contributed by atoms with Crippen molar-refractivity contribution >= 4 is 32.4 Å². The normalized spacial score (nSPS) is 11.4. The number of thiazole rings is 1. The molecular formula is C22H24FN3O5S2. The third-order valence-corrected chi connectivity index (χ3v) is 7.57. The quantitative estimate of drug-likeness (QED) is 0.490. The molecule has 0 saturated carbocycles. The number of benzene rings is 2. The molecule has 0 unspecified atom stereocenters. The number of aryl methyl sites for hydroxylation is 1. The van der Waals surface area contributed by atoms with Gasteiger partial charge in [-0.2, -0.15) is 0 Å². The predicted molar refractivity (Wildman–Crippen MR) is 125 cm³/mol. The number of rotatable bonds is 9. The first-order chi connectivity index (χ1) is 15.6. The van der Waals surface area contributed by atoms with Crippen LogP contribution in [-0.4, -0.2) is 46.7 Å². The molecule has 0 radical (unpaired) electrons. The van der Waals surface area contributed by atoms with E-state index in [1.807, 2.05) is 0 Å². The maximum absolute atomic E-state index is 13.7. The van der Waals surface area contributed by atoms with E-state index in [0.717, 1.165) is 22.5 Å². The van der Waals surface area contributed by atoms with Crippen molar-refractivity contribution in [1.29, 1.82) is 0 Å². The highest BCUT2D eigenvalue weighted by Gasteiger charge is 2.24. The molecule has 0 aliphatic heterocycles. The largest absolute Gasteiger partial charge is 0.496 e. The number of aromatic nitrogens is 1. The van der Waals surface area contributed by atoms with E-state index >= 15 is 0 Å². The van der Waals surface area contributed by atoms with Crippen molar-refractivity contribution in [3.8, 4) is 16.9 Å². The van der Waals surface area contributed by atoms with Crippen LogP contribution in [0.3, 0.4) is 0 Å². The molecule has 11 heteroatoms. The fraction of sp³-hybridized carbons (Fsp3) is 0.273. The molecule has 3 aromatic rings. The van der Waals surface area contributed by atoms with Crippen molar-refractivity contribution in [2.24, 2.45) is 5.14 Å². The molecule has 0 spiro atoms. The molecule has 0 aliphatic carbocycles. The number of nitrogens with zero attached hydrogens (tertiary/aromatic N) is 2. The third-order valence-electron chi connectivity index (χ3n) is 4.83. The van der Waals surface area contributed by atoms with Crippen LogP contribution < -0.4 is 14.8 Å². The molecule has 2 aromatic carbocycles. The van der Waals surface area contributed by atoms with Crippen molar-refractivity contribution in [2.75, 3.05) is 32.3 Å². The maximum atomic E-state index is 13.7. The van der Waals surface area contributed by atoms with Gasteiger partial charge in [0.25, 0.3) is 0 Å². The highest BCUT2D eigenvalue weighted by Crippen LogP contribution is 2.32. The number of hydrogen-bond donors (Lipinski definition) is 1. The number of carbonyl (C=O) groups is 1. The number of carbonyl (C=O) groups excluding carboxylic acids is 1. The Bertz CT molecular complexity index is 1240. The zero-order chi connectivity index (χ0) is 24.2. The summed E-state index contributed by atoms with van der Waals surface area (Å²) >= 11 is 0.845. The van der Waals surface area contributed by atoms with Crippen LogP contribution in [0.5, 0.6) is 5.75 Å². The summed E-state index contributed by atoms with van der Waals surface area (Å²) in [7, 11) is -0.923. The number of ether oxygens (including phenoxy) is 2. The van der Waals surface area contributed by atoms with E-state index in [1.54, 1.807) is 30.3 Å². The lowest BCUT2D eigenvalue weighted by atomic mass is 10.0. The second-order valence-corrected chi connectivity index (χ2v) is 9.91. The van der Waals surface area contributed by atoms with Gasteiger partial charge >= 0.3 is 0 Å². The predicted octanol–water partition coefficient (Wildman–Crippen LogP) is 3.14. The van der Waals surface area contributed by atoms with Gasteiger partial charge in [-0.3, -0.25) is 9.69 Å². The van der Waals surface area contributed by atoms with E-state index in [9.17, 15) is 17.6 Å². The summed E-state index contributed by atoms with van der Waals surface area (Å²) in [6.07, 6.45) is 0.0492.